The van der Waals surface area contributed by atoms with E-state index in [-0.39, 0.29) is 113 Å². The summed E-state index contributed by atoms with van der Waals surface area (Å²) in [7, 11) is 6.06. The number of ether oxygens (including phenoxy) is 6. The predicted octanol–water partition coefficient (Wildman–Crippen LogP) is 2.92. The molecule has 0 spiro atoms. The SMILES string of the molecule is [B]C(C)(CN)COCC(C)(C)CNC(=O)CCOCC(COCCC(N)=O)(COCCC(=O)NCC(C)(C)CC)COCCC(=O)NCC(C)(C)COCC(C)C. The van der Waals surface area contributed by atoms with Gasteiger partial charge in [-0.2, -0.15) is 0 Å². The van der Waals surface area contributed by atoms with Crippen molar-refractivity contribution in [2.45, 2.75) is 107 Å². The molecule has 0 rings (SSSR count). The van der Waals surface area contributed by atoms with Gasteiger partial charge in [-0.15, -0.1) is 0 Å². The highest BCUT2D eigenvalue weighted by Crippen LogP contribution is 2.23. The number of carbonyl (C=O) groups excluding carboxylic acids is 4. The first kappa shape index (κ1) is 54.7. The van der Waals surface area contributed by atoms with E-state index < -0.39 is 16.6 Å². The molecule has 0 aromatic carbocycles. The summed E-state index contributed by atoms with van der Waals surface area (Å²) in [4.78, 5) is 49.5. The molecule has 2 radical (unpaired) electrons. The third kappa shape index (κ3) is 30.4. The van der Waals surface area contributed by atoms with Crippen molar-refractivity contribution < 1.29 is 47.6 Å². The van der Waals surface area contributed by atoms with Gasteiger partial charge in [0.15, 0.2) is 0 Å². The molecule has 15 nitrogen and oxygen atoms in total. The zero-order valence-corrected chi connectivity index (χ0v) is 37.2. The van der Waals surface area contributed by atoms with E-state index in [1.807, 2.05) is 34.6 Å². The van der Waals surface area contributed by atoms with Gasteiger partial charge in [0, 0.05) is 69.4 Å². The standard InChI is InChI=1S/C41H80BN5O10/c1-11-37(4,5)22-45-34(49)13-17-53-29-41(28-52-16-12-33(44)48,30-54-18-14-35(50)46-23-38(6,7)25-56-20-32(2)3)31-55-19-15-36(51)47-24-39(8,9)26-57-27-40(10,42)21-43/h32H,11-31,43H2,1-10H3,(H2,44,48)(H,45,49)(H,46,50)(H,47,51). The molecule has 0 heterocycles. The molecule has 16 heteroatoms. The number of nitrogens with two attached hydrogens (primary N) is 2. The summed E-state index contributed by atoms with van der Waals surface area (Å²) >= 11 is 0. The van der Waals surface area contributed by atoms with Crippen LogP contribution in [0, 0.1) is 27.6 Å². The van der Waals surface area contributed by atoms with Gasteiger partial charge in [-0.05, 0) is 29.6 Å². The molecule has 0 aliphatic rings. The molecule has 332 valence electrons. The average molecular weight is 814 g/mol. The maximum absolute atomic E-state index is 12.8. The fourth-order valence-corrected chi connectivity index (χ4v) is 4.77. The maximum Gasteiger partial charge on any atom is 0.222 e. The van der Waals surface area contributed by atoms with E-state index in [0.717, 1.165) is 6.42 Å². The topological polar surface area (TPSA) is 212 Å². The summed E-state index contributed by atoms with van der Waals surface area (Å²) in [6.07, 6.45) is 1.32. The second-order valence-electron chi connectivity index (χ2n) is 18.6. The largest absolute Gasteiger partial charge is 0.381 e. The Morgan fingerprint density at radius 2 is 0.930 bits per heavy atom. The molecule has 0 saturated carbocycles. The van der Waals surface area contributed by atoms with Crippen LogP contribution in [0.5, 0.6) is 0 Å². The number of rotatable bonds is 36. The maximum atomic E-state index is 12.8. The van der Waals surface area contributed by atoms with Gasteiger partial charge in [0.25, 0.3) is 0 Å². The van der Waals surface area contributed by atoms with Crippen LogP contribution in [0.15, 0.2) is 0 Å². The van der Waals surface area contributed by atoms with Crippen LogP contribution in [0.1, 0.15) is 101 Å². The fourth-order valence-electron chi connectivity index (χ4n) is 4.77. The van der Waals surface area contributed by atoms with E-state index in [2.05, 4.69) is 50.6 Å². The van der Waals surface area contributed by atoms with Crippen LogP contribution < -0.4 is 27.4 Å². The van der Waals surface area contributed by atoms with E-state index in [4.69, 9.17) is 47.7 Å². The lowest BCUT2D eigenvalue weighted by atomic mass is 9.71. The van der Waals surface area contributed by atoms with Gasteiger partial charge in [0.2, 0.25) is 23.6 Å². The minimum Gasteiger partial charge on any atom is -0.381 e. The van der Waals surface area contributed by atoms with Crippen molar-refractivity contribution in [1.82, 2.24) is 16.0 Å². The summed E-state index contributed by atoms with van der Waals surface area (Å²) < 4.78 is 35.5. The van der Waals surface area contributed by atoms with Crippen LogP contribution in [0.2, 0.25) is 5.31 Å². The highest BCUT2D eigenvalue weighted by atomic mass is 16.5. The molecule has 2 unspecified atom stereocenters. The van der Waals surface area contributed by atoms with E-state index in [0.29, 0.717) is 58.5 Å². The Labute approximate surface area is 345 Å². The highest BCUT2D eigenvalue weighted by molar-refractivity contribution is 6.15. The number of primary amides is 1. The van der Waals surface area contributed by atoms with Crippen molar-refractivity contribution >= 4 is 31.5 Å². The number of carbonyl (C=O) groups is 4. The van der Waals surface area contributed by atoms with Crippen molar-refractivity contribution in [3.05, 3.63) is 0 Å². The number of hydrogen-bond donors (Lipinski definition) is 5. The van der Waals surface area contributed by atoms with Gasteiger partial charge >= 0.3 is 0 Å². The quantitative estimate of drug-likeness (QED) is 0.0459. The van der Waals surface area contributed by atoms with Crippen molar-refractivity contribution in [2.24, 2.45) is 39.0 Å². The van der Waals surface area contributed by atoms with Crippen LogP contribution in [-0.4, -0.2) is 137 Å². The number of amides is 4. The first-order valence-corrected chi connectivity index (χ1v) is 20.5. The second-order valence-corrected chi connectivity index (χ2v) is 18.6. The van der Waals surface area contributed by atoms with Crippen LogP contribution >= 0.6 is 0 Å². The first-order valence-electron chi connectivity index (χ1n) is 20.5. The molecular formula is C41H80BN5O10. The summed E-state index contributed by atoms with van der Waals surface area (Å²) in [5.74, 6) is -0.549. The molecule has 0 aromatic heterocycles. The van der Waals surface area contributed by atoms with E-state index in [1.165, 1.54) is 0 Å². The highest BCUT2D eigenvalue weighted by Gasteiger charge is 2.33. The van der Waals surface area contributed by atoms with Gasteiger partial charge in [0.05, 0.1) is 79.3 Å². The molecular weight excluding hydrogens is 733 g/mol. The number of hydrogen-bond acceptors (Lipinski definition) is 11. The molecule has 57 heavy (non-hydrogen) atoms. The molecule has 0 saturated heterocycles. The minimum absolute atomic E-state index is 0.0170. The van der Waals surface area contributed by atoms with Crippen molar-refractivity contribution in [3.63, 3.8) is 0 Å². The summed E-state index contributed by atoms with van der Waals surface area (Å²) in [6, 6.07) is 0. The first-order chi connectivity index (χ1) is 26.5. The Morgan fingerprint density at radius 3 is 1.28 bits per heavy atom. The molecule has 0 aliphatic carbocycles. The zero-order chi connectivity index (χ0) is 43.6. The minimum atomic E-state index is -0.901. The molecule has 0 aliphatic heterocycles. The van der Waals surface area contributed by atoms with E-state index >= 15 is 0 Å². The van der Waals surface area contributed by atoms with Gasteiger partial charge in [0.1, 0.15) is 0 Å². The summed E-state index contributed by atoms with van der Waals surface area (Å²) in [6.45, 7) is 24.6. The zero-order valence-electron chi connectivity index (χ0n) is 37.2. The molecule has 4 amide bonds. The van der Waals surface area contributed by atoms with Gasteiger partial charge in [-0.3, -0.25) is 19.2 Å². The van der Waals surface area contributed by atoms with E-state index in [1.54, 1.807) is 0 Å². The molecule has 2 atom stereocenters. The lowest BCUT2D eigenvalue weighted by Gasteiger charge is -2.33. The lowest BCUT2D eigenvalue weighted by Crippen LogP contribution is -2.43. The van der Waals surface area contributed by atoms with E-state index in [9.17, 15) is 19.2 Å². The Morgan fingerprint density at radius 1 is 0.561 bits per heavy atom. The van der Waals surface area contributed by atoms with Gasteiger partial charge in [-0.1, -0.05) is 69.2 Å². The summed E-state index contributed by atoms with van der Waals surface area (Å²) in [5.41, 5.74) is 9.52. The van der Waals surface area contributed by atoms with Crippen molar-refractivity contribution in [3.8, 4) is 0 Å². The lowest BCUT2D eigenvalue weighted by molar-refractivity contribution is -0.129. The summed E-state index contributed by atoms with van der Waals surface area (Å²) in [5, 5.41) is 8.25. The van der Waals surface area contributed by atoms with Crippen LogP contribution in [0.3, 0.4) is 0 Å². The number of nitrogens with one attached hydrogen (secondary N) is 3. The second kappa shape index (κ2) is 28.2. The van der Waals surface area contributed by atoms with Gasteiger partial charge < -0.3 is 55.8 Å². The molecule has 7 N–H and O–H groups in total. The Bertz CT molecular complexity index is 1160. The Hall–Kier alpha value is -2.34. The predicted molar refractivity (Wildman–Crippen MR) is 224 cm³/mol. The Balaban J connectivity index is 5.49. The van der Waals surface area contributed by atoms with Crippen LogP contribution in [0.4, 0.5) is 0 Å². The molecule has 0 bridgehead atoms. The van der Waals surface area contributed by atoms with Crippen molar-refractivity contribution in [1.29, 1.82) is 0 Å². The van der Waals surface area contributed by atoms with Gasteiger partial charge in [-0.25, -0.2) is 0 Å². The monoisotopic (exact) mass is 814 g/mol. The third-order valence-electron chi connectivity index (χ3n) is 9.13. The van der Waals surface area contributed by atoms with Crippen molar-refractivity contribution in [2.75, 3.05) is 105 Å². The van der Waals surface area contributed by atoms with Crippen LogP contribution in [0.25, 0.3) is 0 Å². The normalized spacial score (nSPS) is 14.5. The smallest absolute Gasteiger partial charge is 0.222 e. The average Bonchev–Trinajstić information content (AvgIpc) is 3.12. The third-order valence-corrected chi connectivity index (χ3v) is 9.13. The van der Waals surface area contributed by atoms with Crippen LogP contribution in [-0.2, 0) is 47.6 Å². The molecule has 0 aromatic rings. The fraction of sp³-hybridized carbons (Fsp3) is 0.902. The molecule has 0 fully saturated rings. The Kier molecular flexibility index (Phi) is 27.0.